The number of alkyl halides is 3. The van der Waals surface area contributed by atoms with Crippen molar-refractivity contribution in [1.82, 2.24) is 5.32 Å². The number of carboxylic acids is 1. The third kappa shape index (κ3) is 7.50. The number of nitrogens with one attached hydrogen (secondary N) is 1. The van der Waals surface area contributed by atoms with E-state index in [0.717, 1.165) is 17.7 Å². The summed E-state index contributed by atoms with van der Waals surface area (Å²) in [6.07, 6.45) is -4.38. The molecule has 198 valence electrons. The standard InChI is InChI=1S/C25H27BF3NO7/c1-23(2)24(3,4)37-26(36-23)18(14-30-22(33)34-15-16-8-6-5-7-9-16)12-17-10-11-19(21(31)32)20(13-17)35-25(27,28)29/h5-13H,14-15H2,1-4H3,(H,30,33)(H,31,32). The van der Waals surface area contributed by atoms with Gasteiger partial charge in [0.05, 0.1) is 11.2 Å². The van der Waals surface area contributed by atoms with E-state index in [2.05, 4.69) is 10.1 Å². The van der Waals surface area contributed by atoms with Crippen molar-refractivity contribution in [2.24, 2.45) is 0 Å². The minimum atomic E-state index is -5.09. The van der Waals surface area contributed by atoms with Gasteiger partial charge < -0.3 is 29.2 Å². The molecule has 0 spiro atoms. The number of carbonyl (C=O) groups is 2. The molecule has 1 aliphatic heterocycles. The van der Waals surface area contributed by atoms with Crippen molar-refractivity contribution in [2.45, 2.75) is 51.9 Å². The second kappa shape index (κ2) is 10.9. The summed E-state index contributed by atoms with van der Waals surface area (Å²) in [6, 6.07) is 12.3. The van der Waals surface area contributed by atoms with Gasteiger partial charge in [-0.15, -0.1) is 13.2 Å². The average Bonchev–Trinajstić information content (AvgIpc) is 3.01. The van der Waals surface area contributed by atoms with Crippen molar-refractivity contribution < 1.29 is 46.6 Å². The van der Waals surface area contributed by atoms with Crippen LogP contribution in [0.4, 0.5) is 18.0 Å². The average molecular weight is 521 g/mol. The number of aromatic carboxylic acids is 1. The molecule has 1 aliphatic rings. The fraction of sp³-hybridized carbons (Fsp3) is 0.360. The number of halogens is 3. The van der Waals surface area contributed by atoms with Crippen molar-refractivity contribution in [1.29, 1.82) is 0 Å². The summed E-state index contributed by atoms with van der Waals surface area (Å²) in [4.78, 5) is 23.7. The highest BCUT2D eigenvalue weighted by Gasteiger charge is 2.52. The first-order valence-corrected chi connectivity index (χ1v) is 11.3. The van der Waals surface area contributed by atoms with Gasteiger partial charge in [-0.1, -0.05) is 42.5 Å². The molecule has 0 radical (unpaired) electrons. The Hall–Kier alpha value is -3.51. The molecule has 0 aliphatic carbocycles. The number of benzene rings is 2. The molecular formula is C25H27BF3NO7. The van der Waals surface area contributed by atoms with Crippen LogP contribution in [0.5, 0.6) is 5.75 Å². The Morgan fingerprint density at radius 3 is 2.24 bits per heavy atom. The van der Waals surface area contributed by atoms with E-state index in [1.165, 1.54) is 12.1 Å². The van der Waals surface area contributed by atoms with Crippen molar-refractivity contribution in [3.63, 3.8) is 0 Å². The molecule has 1 fully saturated rings. The van der Waals surface area contributed by atoms with Crippen LogP contribution in [-0.2, 0) is 20.7 Å². The molecule has 2 aromatic rings. The molecule has 8 nitrogen and oxygen atoms in total. The maximum Gasteiger partial charge on any atom is 0.573 e. The molecule has 12 heteroatoms. The minimum absolute atomic E-state index is 0.0387. The van der Waals surface area contributed by atoms with Crippen LogP contribution in [0, 0.1) is 0 Å². The molecule has 2 N–H and O–H groups in total. The van der Waals surface area contributed by atoms with Crippen LogP contribution < -0.4 is 10.1 Å². The van der Waals surface area contributed by atoms with Crippen molar-refractivity contribution in [2.75, 3.05) is 6.54 Å². The summed E-state index contributed by atoms with van der Waals surface area (Å²) in [5.74, 6) is -2.46. The van der Waals surface area contributed by atoms with Gasteiger partial charge in [-0.3, -0.25) is 0 Å². The predicted molar refractivity (Wildman–Crippen MR) is 129 cm³/mol. The Bertz CT molecular complexity index is 1150. The first kappa shape index (κ1) is 28.1. The summed E-state index contributed by atoms with van der Waals surface area (Å²) < 4.78 is 59.8. The molecule has 0 aromatic heterocycles. The van der Waals surface area contributed by atoms with E-state index in [9.17, 15) is 27.9 Å². The Balaban J connectivity index is 1.86. The van der Waals surface area contributed by atoms with Gasteiger partial charge in [0.25, 0.3) is 0 Å². The van der Waals surface area contributed by atoms with Crippen LogP contribution in [0.15, 0.2) is 54.0 Å². The Kier molecular flexibility index (Phi) is 8.23. The number of amides is 1. The molecular weight excluding hydrogens is 494 g/mol. The lowest BCUT2D eigenvalue weighted by Crippen LogP contribution is -2.41. The predicted octanol–water partition coefficient (Wildman–Crippen LogP) is 5.22. The van der Waals surface area contributed by atoms with Gasteiger partial charge in [0.15, 0.2) is 0 Å². The molecule has 0 atom stereocenters. The Morgan fingerprint density at radius 2 is 1.68 bits per heavy atom. The molecule has 1 heterocycles. The van der Waals surface area contributed by atoms with Crippen molar-refractivity contribution >= 4 is 25.3 Å². The minimum Gasteiger partial charge on any atom is -0.478 e. The van der Waals surface area contributed by atoms with E-state index in [4.69, 9.17) is 14.0 Å². The lowest BCUT2D eigenvalue weighted by Gasteiger charge is -2.32. The van der Waals surface area contributed by atoms with Crippen LogP contribution in [-0.4, -0.2) is 48.4 Å². The number of hydrogen-bond donors (Lipinski definition) is 2. The van der Waals surface area contributed by atoms with Gasteiger partial charge in [-0.2, -0.15) is 0 Å². The largest absolute Gasteiger partial charge is 0.573 e. The van der Waals surface area contributed by atoms with Crippen LogP contribution >= 0.6 is 0 Å². The zero-order chi connectivity index (χ0) is 27.4. The summed E-state index contributed by atoms with van der Waals surface area (Å²) in [5, 5.41) is 11.8. The molecule has 3 rings (SSSR count). The van der Waals surface area contributed by atoms with Gasteiger partial charge in [0, 0.05) is 6.54 Å². The fourth-order valence-electron chi connectivity index (χ4n) is 3.37. The first-order chi connectivity index (χ1) is 17.2. The van der Waals surface area contributed by atoms with E-state index >= 15 is 0 Å². The zero-order valence-corrected chi connectivity index (χ0v) is 20.7. The van der Waals surface area contributed by atoms with Gasteiger partial charge >= 0.3 is 25.5 Å². The molecule has 2 aromatic carbocycles. The number of rotatable bonds is 8. The lowest BCUT2D eigenvalue weighted by molar-refractivity contribution is -0.274. The van der Waals surface area contributed by atoms with E-state index in [0.29, 0.717) is 5.47 Å². The van der Waals surface area contributed by atoms with E-state index in [-0.39, 0.29) is 18.7 Å². The zero-order valence-electron chi connectivity index (χ0n) is 20.7. The van der Waals surface area contributed by atoms with Gasteiger partial charge in [-0.25, -0.2) is 9.59 Å². The van der Waals surface area contributed by atoms with Gasteiger partial charge in [0.1, 0.15) is 17.9 Å². The highest BCUT2D eigenvalue weighted by Crippen LogP contribution is 2.39. The highest BCUT2D eigenvalue weighted by atomic mass is 19.4. The highest BCUT2D eigenvalue weighted by molar-refractivity contribution is 6.56. The Labute approximate surface area is 212 Å². The lowest BCUT2D eigenvalue weighted by atomic mass is 9.77. The molecule has 0 saturated carbocycles. The smallest absolute Gasteiger partial charge is 0.478 e. The van der Waals surface area contributed by atoms with E-state index in [1.54, 1.807) is 12.1 Å². The summed E-state index contributed by atoms with van der Waals surface area (Å²) in [5.41, 5.74) is -0.806. The quantitative estimate of drug-likeness (QED) is 0.459. The number of alkyl carbamates (subject to hydrolysis) is 1. The van der Waals surface area contributed by atoms with Gasteiger partial charge in [0.2, 0.25) is 0 Å². The number of carboxylic acid groups (broad SMARTS) is 1. The summed E-state index contributed by atoms with van der Waals surface area (Å²) in [6.45, 7) is 7.20. The van der Waals surface area contributed by atoms with Crippen LogP contribution in [0.25, 0.3) is 6.08 Å². The monoisotopic (exact) mass is 521 g/mol. The number of carbonyl (C=O) groups excluding carboxylic acids is 1. The maximum atomic E-state index is 12.9. The van der Waals surface area contributed by atoms with Crippen molar-refractivity contribution in [3.05, 3.63) is 70.7 Å². The summed E-state index contributed by atoms with van der Waals surface area (Å²) >= 11 is 0. The fourth-order valence-corrected chi connectivity index (χ4v) is 3.37. The molecule has 0 unspecified atom stereocenters. The number of hydrogen-bond acceptors (Lipinski definition) is 6. The van der Waals surface area contributed by atoms with Crippen LogP contribution in [0.1, 0.15) is 49.2 Å². The van der Waals surface area contributed by atoms with Crippen LogP contribution in [0.3, 0.4) is 0 Å². The SMILES string of the molecule is CC1(C)OB(C(=Cc2ccc(C(=O)O)c(OC(F)(F)F)c2)CNC(=O)OCc2ccccc2)OC1(C)C. The Morgan fingerprint density at radius 1 is 1.05 bits per heavy atom. The van der Waals surface area contributed by atoms with Crippen molar-refractivity contribution in [3.8, 4) is 5.75 Å². The van der Waals surface area contributed by atoms with Crippen LogP contribution in [0.2, 0.25) is 0 Å². The van der Waals surface area contributed by atoms with E-state index < -0.39 is 48.1 Å². The third-order valence-corrected chi connectivity index (χ3v) is 6.02. The second-order valence-electron chi connectivity index (χ2n) is 9.33. The molecule has 1 saturated heterocycles. The van der Waals surface area contributed by atoms with Gasteiger partial charge in [-0.05, 0) is 56.4 Å². The third-order valence-electron chi connectivity index (χ3n) is 6.02. The molecule has 1 amide bonds. The first-order valence-electron chi connectivity index (χ1n) is 11.3. The second-order valence-corrected chi connectivity index (χ2v) is 9.33. The molecule has 37 heavy (non-hydrogen) atoms. The molecule has 0 bridgehead atoms. The normalized spacial score (nSPS) is 16.8. The maximum absolute atomic E-state index is 12.9. The summed E-state index contributed by atoms with van der Waals surface area (Å²) in [7, 11) is -0.953. The number of ether oxygens (including phenoxy) is 2. The topological polar surface area (TPSA) is 103 Å². The van der Waals surface area contributed by atoms with E-state index in [1.807, 2.05) is 45.9 Å².